The number of hydrogen-bond donors (Lipinski definition) is 1. The van der Waals surface area contributed by atoms with Crippen LogP contribution in [0.15, 0.2) is 22.8 Å². The summed E-state index contributed by atoms with van der Waals surface area (Å²) in [7, 11) is 0. The van der Waals surface area contributed by atoms with Gasteiger partial charge in [-0.3, -0.25) is 0 Å². The number of nitrogens with two attached hydrogens (primary N) is 1. The predicted octanol–water partition coefficient (Wildman–Crippen LogP) is 1.77. The molecule has 2 fully saturated rings. The van der Waals surface area contributed by atoms with Gasteiger partial charge in [-0.15, -0.1) is 0 Å². The fourth-order valence-electron chi connectivity index (χ4n) is 2.30. The van der Waals surface area contributed by atoms with Crippen molar-refractivity contribution in [2.45, 2.75) is 18.4 Å². The Hall–Kier alpha value is -0.610. The molecule has 0 aromatic carbocycles. The van der Waals surface area contributed by atoms with Crippen molar-refractivity contribution < 1.29 is 0 Å². The first kappa shape index (κ1) is 9.60. The molecule has 1 aliphatic carbocycles. The number of rotatable bonds is 2. The Morgan fingerprint density at radius 3 is 2.67 bits per heavy atom. The first-order chi connectivity index (χ1) is 7.17. The van der Waals surface area contributed by atoms with E-state index in [0.717, 1.165) is 29.3 Å². The molecule has 80 valence electrons. The lowest BCUT2D eigenvalue weighted by atomic mass is 9.86. The standard InChI is InChI=1S/C11H14BrN3/c12-9-3-4-10(14-5-9)15-6-11(13,7-15)8-1-2-8/h3-5,8H,1-2,6-7,13H2. The fourth-order valence-corrected chi connectivity index (χ4v) is 2.53. The average Bonchev–Trinajstić information content (AvgIpc) is 2.98. The van der Waals surface area contributed by atoms with Gasteiger partial charge in [-0.1, -0.05) is 0 Å². The molecule has 2 heterocycles. The molecule has 1 aliphatic heterocycles. The molecule has 0 bridgehead atoms. The minimum atomic E-state index is 0.0781. The van der Waals surface area contributed by atoms with E-state index in [1.807, 2.05) is 18.3 Å². The summed E-state index contributed by atoms with van der Waals surface area (Å²) in [6, 6.07) is 4.06. The normalized spacial score (nSPS) is 23.7. The van der Waals surface area contributed by atoms with Crippen molar-refractivity contribution >= 4 is 21.7 Å². The third kappa shape index (κ3) is 1.66. The van der Waals surface area contributed by atoms with Crippen molar-refractivity contribution in [2.24, 2.45) is 11.7 Å². The summed E-state index contributed by atoms with van der Waals surface area (Å²) in [5.41, 5.74) is 6.37. The van der Waals surface area contributed by atoms with Crippen LogP contribution in [-0.2, 0) is 0 Å². The molecule has 0 unspecified atom stereocenters. The molecule has 4 heteroatoms. The van der Waals surface area contributed by atoms with Gasteiger partial charge in [0.1, 0.15) is 5.82 Å². The minimum absolute atomic E-state index is 0.0781. The van der Waals surface area contributed by atoms with Crippen molar-refractivity contribution in [1.29, 1.82) is 0 Å². The average molecular weight is 268 g/mol. The van der Waals surface area contributed by atoms with Crippen LogP contribution in [0, 0.1) is 5.92 Å². The SMILES string of the molecule is NC1(C2CC2)CN(c2ccc(Br)cn2)C1. The first-order valence-corrected chi connectivity index (χ1v) is 6.12. The zero-order valence-corrected chi connectivity index (χ0v) is 10.1. The van der Waals surface area contributed by atoms with E-state index in [1.54, 1.807) is 0 Å². The summed E-state index contributed by atoms with van der Waals surface area (Å²) < 4.78 is 1.02. The zero-order valence-electron chi connectivity index (χ0n) is 8.49. The van der Waals surface area contributed by atoms with Crippen molar-refractivity contribution in [2.75, 3.05) is 18.0 Å². The quantitative estimate of drug-likeness (QED) is 0.888. The number of halogens is 1. The second-order valence-electron chi connectivity index (χ2n) is 4.70. The molecule has 2 N–H and O–H groups in total. The van der Waals surface area contributed by atoms with Gasteiger partial charge in [-0.25, -0.2) is 4.98 Å². The van der Waals surface area contributed by atoms with Crippen molar-refractivity contribution in [1.82, 2.24) is 4.98 Å². The Balaban J connectivity index is 1.69. The van der Waals surface area contributed by atoms with Gasteiger partial charge in [0.15, 0.2) is 0 Å². The van der Waals surface area contributed by atoms with Gasteiger partial charge in [0.05, 0.1) is 5.54 Å². The smallest absolute Gasteiger partial charge is 0.128 e. The fraction of sp³-hybridized carbons (Fsp3) is 0.545. The summed E-state index contributed by atoms with van der Waals surface area (Å²) in [5, 5.41) is 0. The maximum atomic E-state index is 6.29. The molecule has 3 nitrogen and oxygen atoms in total. The molecular formula is C11H14BrN3. The summed E-state index contributed by atoms with van der Waals surface area (Å²) >= 11 is 3.38. The Morgan fingerprint density at radius 2 is 2.13 bits per heavy atom. The lowest BCUT2D eigenvalue weighted by molar-refractivity contribution is 0.289. The Morgan fingerprint density at radius 1 is 1.40 bits per heavy atom. The van der Waals surface area contributed by atoms with Crippen molar-refractivity contribution in [3.63, 3.8) is 0 Å². The number of aromatic nitrogens is 1. The molecule has 0 spiro atoms. The molecule has 1 aromatic heterocycles. The van der Waals surface area contributed by atoms with Gasteiger partial charge in [0.2, 0.25) is 0 Å². The zero-order chi connectivity index (χ0) is 10.5. The summed E-state index contributed by atoms with van der Waals surface area (Å²) in [5.74, 6) is 1.81. The molecule has 0 radical (unpaired) electrons. The Labute approximate surface area is 97.8 Å². The van der Waals surface area contributed by atoms with Gasteiger partial charge >= 0.3 is 0 Å². The van der Waals surface area contributed by atoms with Crippen LogP contribution >= 0.6 is 15.9 Å². The minimum Gasteiger partial charge on any atom is -0.353 e. The van der Waals surface area contributed by atoms with E-state index in [1.165, 1.54) is 12.8 Å². The lowest BCUT2D eigenvalue weighted by Gasteiger charge is -2.49. The number of hydrogen-bond acceptors (Lipinski definition) is 3. The predicted molar refractivity (Wildman–Crippen MR) is 63.8 cm³/mol. The summed E-state index contributed by atoms with van der Waals surface area (Å²) in [6.07, 6.45) is 4.47. The highest BCUT2D eigenvalue weighted by Gasteiger charge is 2.50. The first-order valence-electron chi connectivity index (χ1n) is 5.33. The molecule has 0 atom stereocenters. The molecular weight excluding hydrogens is 254 g/mol. The van der Waals surface area contributed by atoms with E-state index in [9.17, 15) is 0 Å². The van der Waals surface area contributed by atoms with Crippen LogP contribution in [-0.4, -0.2) is 23.6 Å². The molecule has 1 aromatic rings. The van der Waals surface area contributed by atoms with Crippen LogP contribution < -0.4 is 10.6 Å². The van der Waals surface area contributed by atoms with Gasteiger partial charge in [-0.2, -0.15) is 0 Å². The van der Waals surface area contributed by atoms with Gasteiger partial charge in [0, 0.05) is 23.8 Å². The monoisotopic (exact) mass is 267 g/mol. The van der Waals surface area contributed by atoms with E-state index in [4.69, 9.17) is 5.73 Å². The highest BCUT2D eigenvalue weighted by atomic mass is 79.9. The molecule has 15 heavy (non-hydrogen) atoms. The van der Waals surface area contributed by atoms with Gasteiger partial charge in [0.25, 0.3) is 0 Å². The second-order valence-corrected chi connectivity index (χ2v) is 5.61. The topological polar surface area (TPSA) is 42.1 Å². The second kappa shape index (κ2) is 3.19. The van der Waals surface area contributed by atoms with Crippen LogP contribution in [0.25, 0.3) is 0 Å². The third-order valence-corrected chi connectivity index (χ3v) is 3.87. The van der Waals surface area contributed by atoms with Gasteiger partial charge < -0.3 is 10.6 Å². The molecule has 3 rings (SSSR count). The Kier molecular flexibility index (Phi) is 2.04. The van der Waals surface area contributed by atoms with E-state index >= 15 is 0 Å². The van der Waals surface area contributed by atoms with Crippen LogP contribution in [0.5, 0.6) is 0 Å². The molecule has 2 aliphatic rings. The third-order valence-electron chi connectivity index (χ3n) is 3.40. The maximum absolute atomic E-state index is 6.29. The number of anilines is 1. The van der Waals surface area contributed by atoms with E-state index < -0.39 is 0 Å². The highest BCUT2D eigenvalue weighted by Crippen LogP contribution is 2.43. The van der Waals surface area contributed by atoms with Crippen molar-refractivity contribution in [3.8, 4) is 0 Å². The Bertz CT molecular complexity index is 366. The maximum Gasteiger partial charge on any atom is 0.128 e. The van der Waals surface area contributed by atoms with Crippen LogP contribution in [0.3, 0.4) is 0 Å². The van der Waals surface area contributed by atoms with E-state index in [-0.39, 0.29) is 5.54 Å². The van der Waals surface area contributed by atoms with Crippen LogP contribution in [0.1, 0.15) is 12.8 Å². The van der Waals surface area contributed by atoms with E-state index in [2.05, 4.69) is 25.8 Å². The number of nitrogens with zero attached hydrogens (tertiary/aromatic N) is 2. The van der Waals surface area contributed by atoms with Gasteiger partial charge in [-0.05, 0) is 46.8 Å². The van der Waals surface area contributed by atoms with Crippen molar-refractivity contribution in [3.05, 3.63) is 22.8 Å². The molecule has 0 amide bonds. The summed E-state index contributed by atoms with van der Waals surface area (Å²) in [6.45, 7) is 1.93. The highest BCUT2D eigenvalue weighted by molar-refractivity contribution is 9.10. The summed E-state index contributed by atoms with van der Waals surface area (Å²) in [4.78, 5) is 6.62. The molecule has 1 saturated carbocycles. The van der Waals surface area contributed by atoms with Crippen LogP contribution in [0.4, 0.5) is 5.82 Å². The van der Waals surface area contributed by atoms with Crippen LogP contribution in [0.2, 0.25) is 0 Å². The lowest BCUT2D eigenvalue weighted by Crippen LogP contribution is -2.69. The van der Waals surface area contributed by atoms with E-state index in [0.29, 0.717) is 0 Å². The number of pyridine rings is 1. The molecule has 1 saturated heterocycles. The largest absolute Gasteiger partial charge is 0.353 e.